The van der Waals surface area contributed by atoms with E-state index in [1.165, 1.54) is 31.8 Å². The normalized spacial score (nSPS) is 38.6. The van der Waals surface area contributed by atoms with Crippen LogP contribution in [0.25, 0.3) is 0 Å². The van der Waals surface area contributed by atoms with Crippen LogP contribution in [0.5, 0.6) is 0 Å². The summed E-state index contributed by atoms with van der Waals surface area (Å²) in [6, 6.07) is 0. The summed E-state index contributed by atoms with van der Waals surface area (Å²) in [4.78, 5) is 0. The van der Waals surface area contributed by atoms with Crippen molar-refractivity contribution < 1.29 is 13.2 Å². The van der Waals surface area contributed by atoms with Gasteiger partial charge in [-0.25, -0.2) is 13.2 Å². The number of hydrogen-bond acceptors (Lipinski definition) is 0. The number of allylic oxidation sites excluding steroid dienone is 4. The third-order valence-electron chi connectivity index (χ3n) is 7.19. The van der Waals surface area contributed by atoms with Gasteiger partial charge < -0.3 is 0 Å². The van der Waals surface area contributed by atoms with Crippen molar-refractivity contribution in [1.82, 2.24) is 0 Å². The molecule has 3 heteroatoms. The van der Waals surface area contributed by atoms with Crippen molar-refractivity contribution in [1.29, 1.82) is 0 Å². The van der Waals surface area contributed by atoms with Gasteiger partial charge in [0.25, 0.3) is 5.92 Å². The van der Waals surface area contributed by atoms with E-state index in [-0.39, 0.29) is 12.3 Å². The zero-order valence-electron chi connectivity index (χ0n) is 15.4. The molecule has 0 saturated heterocycles. The Morgan fingerprint density at radius 2 is 1.44 bits per heavy atom. The molecule has 0 bridgehead atoms. The van der Waals surface area contributed by atoms with Gasteiger partial charge in [0, 0.05) is 5.92 Å². The minimum absolute atomic E-state index is 0.0134. The standard InChI is InChI=1S/C22H31F3/c1-4-16-13-20(22(24,25)21(16)15(3)23)19-11-9-18(10-12-19)17-7-5-14(2)6-8-17/h4,14,17-20H,1,3,5-13H2,2H3. The van der Waals surface area contributed by atoms with E-state index in [9.17, 15) is 13.2 Å². The molecule has 2 saturated carbocycles. The van der Waals surface area contributed by atoms with E-state index in [4.69, 9.17) is 0 Å². The van der Waals surface area contributed by atoms with Crippen molar-refractivity contribution in [3.63, 3.8) is 0 Å². The highest BCUT2D eigenvalue weighted by atomic mass is 19.3. The second-order valence-electron chi connectivity index (χ2n) is 8.64. The van der Waals surface area contributed by atoms with Gasteiger partial charge in [-0.05, 0) is 74.2 Å². The summed E-state index contributed by atoms with van der Waals surface area (Å²) in [5, 5.41) is 0. The van der Waals surface area contributed by atoms with Gasteiger partial charge in [0.15, 0.2) is 0 Å². The molecule has 0 amide bonds. The van der Waals surface area contributed by atoms with Crippen molar-refractivity contribution >= 4 is 0 Å². The maximum absolute atomic E-state index is 14.8. The SMILES string of the molecule is C=CC1=C(C(=C)F)C(F)(F)C(C2CCC(C3CCC(C)CC3)CC2)C1. The molecule has 0 aromatic carbocycles. The molecule has 1 unspecified atom stereocenters. The number of halogens is 3. The molecule has 25 heavy (non-hydrogen) atoms. The second-order valence-corrected chi connectivity index (χ2v) is 8.64. The third-order valence-corrected chi connectivity index (χ3v) is 7.19. The molecule has 0 nitrogen and oxygen atoms in total. The number of rotatable bonds is 4. The molecule has 3 aliphatic carbocycles. The lowest BCUT2D eigenvalue weighted by molar-refractivity contribution is -0.0452. The zero-order valence-corrected chi connectivity index (χ0v) is 15.4. The molecule has 1 atom stereocenters. The molecule has 2 fully saturated rings. The highest BCUT2D eigenvalue weighted by Gasteiger charge is 2.54. The molecule has 140 valence electrons. The highest BCUT2D eigenvalue weighted by molar-refractivity contribution is 5.45. The van der Waals surface area contributed by atoms with E-state index in [2.05, 4.69) is 20.1 Å². The Morgan fingerprint density at radius 1 is 0.960 bits per heavy atom. The van der Waals surface area contributed by atoms with Crippen LogP contribution >= 0.6 is 0 Å². The molecule has 0 aliphatic heterocycles. The summed E-state index contributed by atoms with van der Waals surface area (Å²) >= 11 is 0. The summed E-state index contributed by atoms with van der Waals surface area (Å²) < 4.78 is 43.3. The Hall–Kier alpha value is -0.990. The van der Waals surface area contributed by atoms with Crippen molar-refractivity contribution in [2.75, 3.05) is 0 Å². The van der Waals surface area contributed by atoms with E-state index in [1.54, 1.807) is 0 Å². The lowest BCUT2D eigenvalue weighted by Gasteiger charge is -2.40. The molecule has 0 radical (unpaired) electrons. The van der Waals surface area contributed by atoms with Gasteiger partial charge in [0.05, 0.1) is 5.57 Å². The molecular formula is C22H31F3. The first-order valence-corrected chi connectivity index (χ1v) is 9.93. The average Bonchev–Trinajstić information content (AvgIpc) is 2.86. The monoisotopic (exact) mass is 352 g/mol. The van der Waals surface area contributed by atoms with E-state index in [0.717, 1.165) is 37.5 Å². The quantitative estimate of drug-likeness (QED) is 0.500. The number of alkyl halides is 2. The van der Waals surface area contributed by atoms with Gasteiger partial charge in [0.1, 0.15) is 5.83 Å². The van der Waals surface area contributed by atoms with Crippen molar-refractivity contribution in [3.8, 4) is 0 Å². The minimum atomic E-state index is -3.10. The van der Waals surface area contributed by atoms with Crippen LogP contribution in [-0.2, 0) is 0 Å². The fourth-order valence-corrected chi connectivity index (χ4v) is 5.65. The first-order chi connectivity index (χ1) is 11.8. The van der Waals surface area contributed by atoms with Crippen LogP contribution in [0.4, 0.5) is 13.2 Å². The highest BCUT2D eigenvalue weighted by Crippen LogP contribution is 2.54. The summed E-state index contributed by atoms with van der Waals surface area (Å²) in [6.07, 6.45) is 10.7. The molecular weight excluding hydrogens is 321 g/mol. The van der Waals surface area contributed by atoms with Gasteiger partial charge in [0.2, 0.25) is 0 Å². The summed E-state index contributed by atoms with van der Waals surface area (Å²) in [5.74, 6) is -2.54. The second kappa shape index (κ2) is 7.32. The summed E-state index contributed by atoms with van der Waals surface area (Å²) in [5.41, 5.74) is -0.137. The fraction of sp³-hybridized carbons (Fsp3) is 0.727. The number of hydrogen-bond donors (Lipinski definition) is 0. The van der Waals surface area contributed by atoms with E-state index >= 15 is 0 Å². The Balaban J connectivity index is 1.62. The van der Waals surface area contributed by atoms with E-state index in [0.29, 0.717) is 11.5 Å². The van der Waals surface area contributed by atoms with Gasteiger partial charge in [-0.1, -0.05) is 39.0 Å². The van der Waals surface area contributed by atoms with Crippen molar-refractivity contribution in [2.45, 2.75) is 70.6 Å². The Labute approximate surface area is 150 Å². The maximum atomic E-state index is 14.8. The largest absolute Gasteiger partial charge is 0.279 e. The van der Waals surface area contributed by atoms with Gasteiger partial charge in [-0.3, -0.25) is 0 Å². The first kappa shape index (κ1) is 18.8. The first-order valence-electron chi connectivity index (χ1n) is 9.93. The molecule has 0 spiro atoms. The maximum Gasteiger partial charge on any atom is 0.279 e. The van der Waals surface area contributed by atoms with Gasteiger partial charge in [-0.2, -0.15) is 0 Å². The van der Waals surface area contributed by atoms with Gasteiger partial charge >= 0.3 is 0 Å². The molecule has 0 N–H and O–H groups in total. The molecule has 0 aromatic rings. The van der Waals surface area contributed by atoms with Crippen LogP contribution < -0.4 is 0 Å². The average molecular weight is 352 g/mol. The summed E-state index contributed by atoms with van der Waals surface area (Å²) in [7, 11) is 0. The van der Waals surface area contributed by atoms with E-state index in [1.807, 2.05) is 0 Å². The van der Waals surface area contributed by atoms with Crippen LogP contribution in [0.3, 0.4) is 0 Å². The topological polar surface area (TPSA) is 0 Å². The predicted molar refractivity (Wildman–Crippen MR) is 97.1 cm³/mol. The van der Waals surface area contributed by atoms with Gasteiger partial charge in [-0.15, -0.1) is 0 Å². The zero-order chi connectivity index (χ0) is 18.2. The Morgan fingerprint density at radius 3 is 1.88 bits per heavy atom. The van der Waals surface area contributed by atoms with Crippen molar-refractivity contribution in [2.24, 2.45) is 29.6 Å². The predicted octanol–water partition coefficient (Wildman–Crippen LogP) is 7.24. The Bertz CT molecular complexity index is 544. The van der Waals surface area contributed by atoms with E-state index < -0.39 is 23.2 Å². The molecule has 0 aromatic heterocycles. The lowest BCUT2D eigenvalue weighted by Crippen LogP contribution is -2.35. The Kier molecular flexibility index (Phi) is 5.51. The van der Waals surface area contributed by atoms with Crippen LogP contribution in [-0.4, -0.2) is 5.92 Å². The van der Waals surface area contributed by atoms with Crippen LogP contribution in [0.15, 0.2) is 36.2 Å². The molecule has 0 heterocycles. The van der Waals surface area contributed by atoms with Crippen LogP contribution in [0.1, 0.15) is 64.7 Å². The third kappa shape index (κ3) is 3.61. The summed E-state index contributed by atoms with van der Waals surface area (Å²) in [6.45, 7) is 9.07. The lowest BCUT2D eigenvalue weighted by atomic mass is 9.67. The molecule has 3 rings (SSSR count). The smallest absolute Gasteiger partial charge is 0.207 e. The molecule has 3 aliphatic rings. The van der Waals surface area contributed by atoms with Crippen LogP contribution in [0.2, 0.25) is 0 Å². The van der Waals surface area contributed by atoms with Crippen LogP contribution in [0, 0.1) is 29.6 Å². The fourth-order valence-electron chi connectivity index (χ4n) is 5.65. The minimum Gasteiger partial charge on any atom is -0.207 e. The van der Waals surface area contributed by atoms with Crippen molar-refractivity contribution in [3.05, 3.63) is 36.2 Å².